The Balaban J connectivity index is 2.04. The quantitative estimate of drug-likeness (QED) is 0.840. The second-order valence-corrected chi connectivity index (χ2v) is 4.82. The van der Waals surface area contributed by atoms with Gasteiger partial charge in [0.2, 0.25) is 5.91 Å². The van der Waals surface area contributed by atoms with E-state index in [9.17, 15) is 9.59 Å². The molecule has 6 nitrogen and oxygen atoms in total. The van der Waals surface area contributed by atoms with Crippen LogP contribution in [0.4, 0.5) is 5.82 Å². The fourth-order valence-corrected chi connectivity index (χ4v) is 2.41. The molecule has 6 heteroatoms. The van der Waals surface area contributed by atoms with Gasteiger partial charge in [-0.25, -0.2) is 4.98 Å². The van der Waals surface area contributed by atoms with Gasteiger partial charge in [-0.1, -0.05) is 0 Å². The summed E-state index contributed by atoms with van der Waals surface area (Å²) >= 11 is 0. The van der Waals surface area contributed by atoms with Gasteiger partial charge in [0, 0.05) is 25.7 Å². The molecule has 0 bridgehead atoms. The summed E-state index contributed by atoms with van der Waals surface area (Å²) in [6, 6.07) is 3.40. The SMILES string of the molecule is NC(=O)c1ccc(N2CCCC(CC(=O)O)C2)nc1. The molecule has 19 heavy (non-hydrogen) atoms. The first-order valence-electron chi connectivity index (χ1n) is 6.29. The first-order valence-corrected chi connectivity index (χ1v) is 6.29. The number of carbonyl (C=O) groups excluding carboxylic acids is 1. The Morgan fingerprint density at radius 1 is 1.47 bits per heavy atom. The van der Waals surface area contributed by atoms with Crippen LogP contribution in [0.2, 0.25) is 0 Å². The topological polar surface area (TPSA) is 96.5 Å². The number of pyridine rings is 1. The zero-order valence-electron chi connectivity index (χ0n) is 10.6. The molecule has 1 aromatic rings. The number of rotatable bonds is 4. The lowest BCUT2D eigenvalue weighted by atomic mass is 9.95. The number of carbonyl (C=O) groups is 2. The van der Waals surface area contributed by atoms with Gasteiger partial charge in [-0.05, 0) is 30.9 Å². The third kappa shape index (κ3) is 3.43. The smallest absolute Gasteiger partial charge is 0.303 e. The number of aromatic nitrogens is 1. The summed E-state index contributed by atoms with van der Waals surface area (Å²) in [7, 11) is 0. The largest absolute Gasteiger partial charge is 0.481 e. The van der Waals surface area contributed by atoms with E-state index in [0.717, 1.165) is 25.2 Å². The van der Waals surface area contributed by atoms with Crippen LogP contribution >= 0.6 is 0 Å². The van der Waals surface area contributed by atoms with Crippen molar-refractivity contribution < 1.29 is 14.7 Å². The van der Waals surface area contributed by atoms with Gasteiger partial charge in [-0.2, -0.15) is 0 Å². The molecule has 1 aliphatic rings. The van der Waals surface area contributed by atoms with E-state index in [4.69, 9.17) is 10.8 Å². The lowest BCUT2D eigenvalue weighted by Gasteiger charge is -2.33. The Kier molecular flexibility index (Phi) is 3.99. The molecule has 0 saturated carbocycles. The molecule has 2 rings (SSSR count). The summed E-state index contributed by atoms with van der Waals surface area (Å²) in [5, 5.41) is 8.83. The number of carboxylic acid groups (broad SMARTS) is 1. The predicted octanol–water partition coefficient (Wildman–Crippen LogP) is 0.872. The highest BCUT2D eigenvalue weighted by Crippen LogP contribution is 2.23. The molecule has 1 unspecified atom stereocenters. The normalized spacial score (nSPS) is 19.2. The number of hydrogen-bond acceptors (Lipinski definition) is 4. The monoisotopic (exact) mass is 263 g/mol. The zero-order valence-corrected chi connectivity index (χ0v) is 10.6. The van der Waals surface area contributed by atoms with Crippen LogP contribution in [0.15, 0.2) is 18.3 Å². The Bertz CT molecular complexity index is 473. The molecule has 1 fully saturated rings. The van der Waals surface area contributed by atoms with Gasteiger partial charge in [0.1, 0.15) is 5.82 Å². The van der Waals surface area contributed by atoms with Gasteiger partial charge in [-0.3, -0.25) is 9.59 Å². The Hall–Kier alpha value is -2.11. The minimum Gasteiger partial charge on any atom is -0.481 e. The first kappa shape index (κ1) is 13.3. The summed E-state index contributed by atoms with van der Waals surface area (Å²) in [4.78, 5) is 28.0. The highest BCUT2D eigenvalue weighted by atomic mass is 16.4. The molecule has 1 amide bonds. The maximum atomic E-state index is 11.0. The standard InChI is InChI=1S/C13H17N3O3/c14-13(19)10-3-4-11(15-7-10)16-5-1-2-9(8-16)6-12(17)18/h3-4,7,9H,1-2,5-6,8H2,(H2,14,19)(H,17,18). The van der Waals surface area contributed by atoms with Crippen molar-refractivity contribution in [3.8, 4) is 0 Å². The van der Waals surface area contributed by atoms with Crippen LogP contribution in [0.3, 0.4) is 0 Å². The fourth-order valence-electron chi connectivity index (χ4n) is 2.41. The Morgan fingerprint density at radius 3 is 2.84 bits per heavy atom. The van der Waals surface area contributed by atoms with Crippen LogP contribution in [-0.4, -0.2) is 35.1 Å². The summed E-state index contributed by atoms with van der Waals surface area (Å²) in [6.07, 6.45) is 3.54. The Labute approximate surface area is 111 Å². The molecule has 0 aliphatic carbocycles. The summed E-state index contributed by atoms with van der Waals surface area (Å²) in [5.41, 5.74) is 5.54. The maximum Gasteiger partial charge on any atom is 0.303 e. The third-order valence-corrected chi connectivity index (χ3v) is 3.34. The average molecular weight is 263 g/mol. The number of carboxylic acids is 1. The molecule has 1 atom stereocenters. The summed E-state index contributed by atoms with van der Waals surface area (Å²) < 4.78 is 0. The first-order chi connectivity index (χ1) is 9.06. The molecule has 1 saturated heterocycles. The lowest BCUT2D eigenvalue weighted by Crippen LogP contribution is -2.36. The van der Waals surface area contributed by atoms with E-state index < -0.39 is 11.9 Å². The molecule has 0 radical (unpaired) electrons. The van der Waals surface area contributed by atoms with E-state index in [-0.39, 0.29) is 12.3 Å². The van der Waals surface area contributed by atoms with Crippen molar-refractivity contribution in [3.63, 3.8) is 0 Å². The van der Waals surface area contributed by atoms with Crippen LogP contribution in [0.1, 0.15) is 29.6 Å². The van der Waals surface area contributed by atoms with Crippen LogP contribution in [0.25, 0.3) is 0 Å². The van der Waals surface area contributed by atoms with Crippen molar-refractivity contribution in [1.82, 2.24) is 4.98 Å². The molecular weight excluding hydrogens is 246 g/mol. The van der Waals surface area contributed by atoms with E-state index in [1.54, 1.807) is 12.1 Å². The number of amides is 1. The highest BCUT2D eigenvalue weighted by Gasteiger charge is 2.22. The summed E-state index contributed by atoms with van der Waals surface area (Å²) in [6.45, 7) is 1.55. The molecule has 0 aromatic carbocycles. The molecular formula is C13H17N3O3. The van der Waals surface area contributed by atoms with E-state index in [0.29, 0.717) is 12.1 Å². The molecule has 2 heterocycles. The minimum atomic E-state index is -0.760. The Morgan fingerprint density at radius 2 is 2.26 bits per heavy atom. The number of nitrogens with zero attached hydrogens (tertiary/aromatic N) is 2. The van der Waals surface area contributed by atoms with E-state index in [2.05, 4.69) is 9.88 Å². The van der Waals surface area contributed by atoms with Crippen LogP contribution in [0, 0.1) is 5.92 Å². The predicted molar refractivity (Wildman–Crippen MR) is 69.9 cm³/mol. The number of anilines is 1. The highest BCUT2D eigenvalue weighted by molar-refractivity contribution is 5.92. The van der Waals surface area contributed by atoms with Crippen molar-refractivity contribution in [2.75, 3.05) is 18.0 Å². The van der Waals surface area contributed by atoms with Gasteiger partial charge in [0.25, 0.3) is 0 Å². The van der Waals surface area contributed by atoms with Crippen LogP contribution in [-0.2, 0) is 4.79 Å². The van der Waals surface area contributed by atoms with E-state index in [1.165, 1.54) is 6.20 Å². The van der Waals surface area contributed by atoms with Gasteiger partial charge >= 0.3 is 5.97 Å². The minimum absolute atomic E-state index is 0.156. The second kappa shape index (κ2) is 5.69. The van der Waals surface area contributed by atoms with Gasteiger partial charge in [-0.15, -0.1) is 0 Å². The van der Waals surface area contributed by atoms with Gasteiger partial charge in [0.15, 0.2) is 0 Å². The van der Waals surface area contributed by atoms with Crippen LogP contribution < -0.4 is 10.6 Å². The van der Waals surface area contributed by atoms with E-state index in [1.807, 2.05) is 0 Å². The molecule has 102 valence electrons. The van der Waals surface area contributed by atoms with E-state index >= 15 is 0 Å². The van der Waals surface area contributed by atoms with Crippen molar-refractivity contribution in [3.05, 3.63) is 23.9 Å². The second-order valence-electron chi connectivity index (χ2n) is 4.82. The number of primary amides is 1. The van der Waals surface area contributed by atoms with Gasteiger partial charge < -0.3 is 15.7 Å². The average Bonchev–Trinajstić information content (AvgIpc) is 2.38. The number of nitrogens with two attached hydrogens (primary N) is 1. The molecule has 1 aromatic heterocycles. The van der Waals surface area contributed by atoms with Crippen molar-refractivity contribution in [2.24, 2.45) is 11.7 Å². The maximum absolute atomic E-state index is 11.0. The lowest BCUT2D eigenvalue weighted by molar-refractivity contribution is -0.138. The third-order valence-electron chi connectivity index (χ3n) is 3.34. The van der Waals surface area contributed by atoms with Crippen molar-refractivity contribution >= 4 is 17.7 Å². The van der Waals surface area contributed by atoms with Gasteiger partial charge in [0.05, 0.1) is 5.56 Å². The number of aliphatic carboxylic acids is 1. The number of hydrogen-bond donors (Lipinski definition) is 2. The summed E-state index contributed by atoms with van der Waals surface area (Å²) in [5.74, 6) is -0.339. The van der Waals surface area contributed by atoms with Crippen molar-refractivity contribution in [1.29, 1.82) is 0 Å². The molecule has 1 aliphatic heterocycles. The van der Waals surface area contributed by atoms with Crippen LogP contribution in [0.5, 0.6) is 0 Å². The molecule has 3 N–H and O–H groups in total. The zero-order chi connectivity index (χ0) is 13.8. The number of piperidine rings is 1. The fraction of sp³-hybridized carbons (Fsp3) is 0.462. The molecule has 0 spiro atoms. The van der Waals surface area contributed by atoms with Crippen molar-refractivity contribution in [2.45, 2.75) is 19.3 Å².